The summed E-state index contributed by atoms with van der Waals surface area (Å²) in [5, 5.41) is 19.6. The van der Waals surface area contributed by atoms with Crippen LogP contribution in [0.25, 0.3) is 0 Å². The summed E-state index contributed by atoms with van der Waals surface area (Å²) in [6.45, 7) is 10.9. The van der Waals surface area contributed by atoms with Crippen molar-refractivity contribution >= 4 is 28.9 Å². The number of unbranched alkanes of at least 4 members (excludes halogenated alkanes) is 1. The normalized spacial score (nSPS) is 19.5. The van der Waals surface area contributed by atoms with Crippen LogP contribution in [0.4, 0.5) is 0 Å². The molecule has 0 bridgehead atoms. The second-order valence-electron chi connectivity index (χ2n) is 11.0. The summed E-state index contributed by atoms with van der Waals surface area (Å²) in [5.74, 6) is -0.285. The van der Waals surface area contributed by atoms with Gasteiger partial charge in [0.1, 0.15) is 11.8 Å². The number of carboxylic acids is 1. The van der Waals surface area contributed by atoms with Crippen molar-refractivity contribution in [3.63, 3.8) is 0 Å². The lowest BCUT2D eigenvalue weighted by Gasteiger charge is -2.43. The van der Waals surface area contributed by atoms with Crippen molar-refractivity contribution in [2.24, 2.45) is 0 Å². The average molecular weight is 588 g/mol. The zero-order valence-corrected chi connectivity index (χ0v) is 25.6. The average Bonchev–Trinajstić information content (AvgIpc) is 3.54. The van der Waals surface area contributed by atoms with Gasteiger partial charge in [-0.2, -0.15) is 0 Å². The van der Waals surface area contributed by atoms with Gasteiger partial charge >= 0.3 is 5.97 Å². The first-order chi connectivity index (χ1) is 19.2. The highest BCUT2D eigenvalue weighted by molar-refractivity contribution is 7.11. The summed E-state index contributed by atoms with van der Waals surface area (Å²) in [4.78, 5) is 19.6. The van der Waals surface area contributed by atoms with Gasteiger partial charge < -0.3 is 9.84 Å². The second-order valence-corrected chi connectivity index (χ2v) is 12.7. The topological polar surface area (TPSA) is 93.4 Å². The molecule has 40 heavy (non-hydrogen) atoms. The molecule has 0 spiro atoms. The molecule has 3 heterocycles. The summed E-state index contributed by atoms with van der Waals surface area (Å²) in [6, 6.07) is 8.74. The third-order valence-corrected chi connectivity index (χ3v) is 9.51. The van der Waals surface area contributed by atoms with E-state index in [1.165, 1.54) is 15.4 Å². The minimum Gasteiger partial charge on any atom is -0.481 e. The fourth-order valence-corrected chi connectivity index (χ4v) is 6.67. The molecule has 1 N–H and O–H groups in total. The first kappa shape index (κ1) is 30.6. The highest BCUT2D eigenvalue weighted by Gasteiger charge is 2.34. The van der Waals surface area contributed by atoms with Gasteiger partial charge in [-0.05, 0) is 77.0 Å². The van der Waals surface area contributed by atoms with Gasteiger partial charge in [0, 0.05) is 47.4 Å². The Labute approximate surface area is 246 Å². The van der Waals surface area contributed by atoms with E-state index in [0.717, 1.165) is 55.1 Å². The van der Waals surface area contributed by atoms with E-state index in [1.54, 1.807) is 4.68 Å². The minimum atomic E-state index is -0.764. The van der Waals surface area contributed by atoms with E-state index < -0.39 is 5.97 Å². The summed E-state index contributed by atoms with van der Waals surface area (Å²) in [6.07, 6.45) is 7.53. The first-order valence-electron chi connectivity index (χ1n) is 14.4. The van der Waals surface area contributed by atoms with Crippen molar-refractivity contribution in [1.29, 1.82) is 0 Å². The number of ether oxygens (including phenoxy) is 1. The molecule has 1 aliphatic rings. The first-order valence-corrected chi connectivity index (χ1v) is 15.6. The molecule has 0 aliphatic carbocycles. The Balaban J connectivity index is 1.43. The van der Waals surface area contributed by atoms with Crippen LogP contribution < -0.4 is 0 Å². The predicted molar refractivity (Wildman–Crippen MR) is 159 cm³/mol. The Bertz CT molecular complexity index is 1210. The van der Waals surface area contributed by atoms with Gasteiger partial charge in [-0.3, -0.25) is 14.4 Å². The number of thiazole rings is 1. The lowest BCUT2D eigenvalue weighted by Crippen LogP contribution is -2.51. The molecule has 0 amide bonds. The third-order valence-electron chi connectivity index (χ3n) is 8.02. The maximum absolute atomic E-state index is 10.8. The van der Waals surface area contributed by atoms with E-state index in [9.17, 15) is 4.79 Å². The molecule has 1 aliphatic heterocycles. The van der Waals surface area contributed by atoms with Gasteiger partial charge in [0.2, 0.25) is 0 Å². The molecule has 1 aromatic carbocycles. The Morgan fingerprint density at radius 3 is 2.67 bits per heavy atom. The molecule has 1 fully saturated rings. The largest absolute Gasteiger partial charge is 0.481 e. The van der Waals surface area contributed by atoms with Crippen LogP contribution in [0.1, 0.15) is 91.2 Å². The number of aliphatic carboxylic acids is 1. The zero-order chi connectivity index (χ0) is 28.6. The number of morpholine rings is 1. The maximum Gasteiger partial charge on any atom is 0.303 e. The van der Waals surface area contributed by atoms with E-state index in [-0.39, 0.29) is 18.6 Å². The Hall–Kier alpha value is -2.33. The molecule has 3 aromatic rings. The van der Waals surface area contributed by atoms with Gasteiger partial charge in [-0.1, -0.05) is 35.9 Å². The van der Waals surface area contributed by atoms with E-state index in [0.29, 0.717) is 31.5 Å². The minimum absolute atomic E-state index is 0.150. The number of carboxylic acid groups (broad SMARTS) is 1. The van der Waals surface area contributed by atoms with Crippen molar-refractivity contribution in [2.75, 3.05) is 13.2 Å². The smallest absolute Gasteiger partial charge is 0.303 e. The summed E-state index contributed by atoms with van der Waals surface area (Å²) < 4.78 is 8.19. The van der Waals surface area contributed by atoms with Crippen LogP contribution in [-0.2, 0) is 22.5 Å². The number of halogens is 1. The zero-order valence-electron chi connectivity index (χ0n) is 24.1. The highest BCUT2D eigenvalue weighted by Crippen LogP contribution is 2.33. The number of hydrogen-bond acceptors (Lipinski definition) is 7. The molecule has 2 unspecified atom stereocenters. The molecule has 4 atom stereocenters. The van der Waals surface area contributed by atoms with Crippen molar-refractivity contribution in [3.8, 4) is 0 Å². The Morgan fingerprint density at radius 1 is 1.23 bits per heavy atom. The SMILES string of the molecule is CCC(CCC(C)N1C[C@H](c2cn(CCCCC(=O)O)nn2)OC[C@@H]1Cc1ccc(Cl)cc1)c1nc(C)c(C)s1. The quantitative estimate of drug-likeness (QED) is 0.212. The molecule has 10 heteroatoms. The van der Waals surface area contributed by atoms with Crippen molar-refractivity contribution in [1.82, 2.24) is 24.9 Å². The number of benzene rings is 1. The monoisotopic (exact) mass is 587 g/mol. The number of aryl methyl sites for hydroxylation is 3. The van der Waals surface area contributed by atoms with Crippen molar-refractivity contribution in [2.45, 2.75) is 103 Å². The summed E-state index contributed by atoms with van der Waals surface area (Å²) in [5.41, 5.74) is 3.24. The van der Waals surface area contributed by atoms with Crippen LogP contribution in [0.3, 0.4) is 0 Å². The second kappa shape index (κ2) is 14.5. The fourth-order valence-electron chi connectivity index (χ4n) is 5.41. The van der Waals surface area contributed by atoms with Gasteiger partial charge in [0.15, 0.2) is 0 Å². The van der Waals surface area contributed by atoms with E-state index in [4.69, 9.17) is 26.4 Å². The summed E-state index contributed by atoms with van der Waals surface area (Å²) >= 11 is 7.99. The van der Waals surface area contributed by atoms with E-state index in [2.05, 4.69) is 55.0 Å². The van der Waals surface area contributed by atoms with Gasteiger partial charge in [0.25, 0.3) is 0 Å². The summed E-state index contributed by atoms with van der Waals surface area (Å²) in [7, 11) is 0. The van der Waals surface area contributed by atoms with Crippen LogP contribution in [0, 0.1) is 13.8 Å². The number of hydrogen-bond donors (Lipinski definition) is 1. The van der Waals surface area contributed by atoms with Crippen LogP contribution in [0.2, 0.25) is 5.02 Å². The highest BCUT2D eigenvalue weighted by atomic mass is 35.5. The number of rotatable bonds is 14. The number of aromatic nitrogens is 4. The maximum atomic E-state index is 10.8. The van der Waals surface area contributed by atoms with Crippen LogP contribution in [0.5, 0.6) is 0 Å². The van der Waals surface area contributed by atoms with Gasteiger partial charge in [0.05, 0.1) is 23.5 Å². The Morgan fingerprint density at radius 2 is 2.00 bits per heavy atom. The molecular formula is C30H42ClN5O3S. The van der Waals surface area contributed by atoms with Crippen molar-refractivity contribution < 1.29 is 14.6 Å². The van der Waals surface area contributed by atoms with Crippen LogP contribution in [0.15, 0.2) is 30.5 Å². The van der Waals surface area contributed by atoms with Gasteiger partial charge in [-0.15, -0.1) is 16.4 Å². The molecule has 218 valence electrons. The van der Waals surface area contributed by atoms with Crippen LogP contribution in [-0.4, -0.2) is 61.2 Å². The molecule has 8 nitrogen and oxygen atoms in total. The predicted octanol–water partition coefficient (Wildman–Crippen LogP) is 6.61. The standard InChI is InChI=1S/C30H42ClN5O3S/c1-5-24(30-32-21(3)22(4)40-30)12-9-20(2)36-18-28(27-17-35(34-33-27)15-7-6-8-29(37)38)39-19-26(36)16-23-10-13-25(31)14-11-23/h10-11,13-14,17,20,24,26,28H,5-9,12,15-16,18-19H2,1-4H3,(H,37,38)/t20?,24?,26-,28+/m0/s1. The lowest BCUT2D eigenvalue weighted by atomic mass is 9.95. The number of carbonyl (C=O) groups is 1. The van der Waals surface area contributed by atoms with Crippen molar-refractivity contribution in [3.05, 3.63) is 62.3 Å². The molecule has 0 saturated carbocycles. The van der Waals surface area contributed by atoms with Crippen LogP contribution >= 0.6 is 22.9 Å². The molecule has 2 aromatic heterocycles. The Kier molecular flexibility index (Phi) is 11.1. The molecule has 4 rings (SSSR count). The fraction of sp³-hybridized carbons (Fsp3) is 0.600. The molecule has 0 radical (unpaired) electrons. The number of nitrogens with zero attached hydrogens (tertiary/aromatic N) is 5. The van der Waals surface area contributed by atoms with Gasteiger partial charge in [-0.25, -0.2) is 4.98 Å². The van der Waals surface area contributed by atoms with E-state index >= 15 is 0 Å². The molecular weight excluding hydrogens is 546 g/mol. The molecule has 1 saturated heterocycles. The lowest BCUT2D eigenvalue weighted by molar-refractivity contribution is -0.137. The van der Waals surface area contributed by atoms with E-state index in [1.807, 2.05) is 29.7 Å². The third kappa shape index (κ3) is 8.35.